The van der Waals surface area contributed by atoms with Crippen molar-refractivity contribution in [3.63, 3.8) is 0 Å². The highest BCUT2D eigenvalue weighted by molar-refractivity contribution is 7.10. The third-order valence-corrected chi connectivity index (χ3v) is 3.57. The van der Waals surface area contributed by atoms with Crippen LogP contribution in [0.5, 0.6) is 5.75 Å². The summed E-state index contributed by atoms with van der Waals surface area (Å²) >= 11 is 0.932. The van der Waals surface area contributed by atoms with Crippen molar-refractivity contribution in [1.29, 1.82) is 0 Å². The van der Waals surface area contributed by atoms with Crippen molar-refractivity contribution in [2.24, 2.45) is 0 Å². The molecule has 0 fully saturated rings. The number of hydrogen-bond donors (Lipinski definition) is 1. The van der Waals surface area contributed by atoms with Gasteiger partial charge in [0.2, 0.25) is 11.6 Å². The Labute approximate surface area is 131 Å². The molecule has 2 aromatic rings. The van der Waals surface area contributed by atoms with E-state index in [1.807, 2.05) is 24.3 Å². The van der Waals surface area contributed by atoms with Gasteiger partial charge in [-0.05, 0) is 18.1 Å². The lowest BCUT2D eigenvalue weighted by atomic mass is 10.1. The number of nitrogens with one attached hydrogen (secondary N) is 1. The van der Waals surface area contributed by atoms with Crippen LogP contribution in [0.2, 0.25) is 0 Å². The molecule has 0 atom stereocenters. The first-order valence-corrected chi connectivity index (χ1v) is 7.25. The van der Waals surface area contributed by atoms with E-state index in [0.29, 0.717) is 6.42 Å². The van der Waals surface area contributed by atoms with E-state index in [1.54, 1.807) is 7.11 Å². The molecule has 0 spiro atoms. The average Bonchev–Trinajstić information content (AvgIpc) is 3.00. The number of rotatable bonds is 6. The van der Waals surface area contributed by atoms with Gasteiger partial charge < -0.3 is 14.8 Å². The standard InChI is InChI=1S/C14H15N3O4S/c1-20-10-6-4-3-5-9(10)7-8-11(18)15-13-12(14(19)21-2)16-17-22-13/h3-6H,7-8H2,1-2H3,(H,15,18). The van der Waals surface area contributed by atoms with Gasteiger partial charge >= 0.3 is 5.97 Å². The lowest BCUT2D eigenvalue weighted by Crippen LogP contribution is -2.14. The summed E-state index contributed by atoms with van der Waals surface area (Å²) in [6, 6.07) is 7.50. The van der Waals surface area contributed by atoms with Gasteiger partial charge in [0, 0.05) is 18.0 Å². The van der Waals surface area contributed by atoms with Crippen LogP contribution in [0.25, 0.3) is 0 Å². The molecule has 1 aromatic heterocycles. The van der Waals surface area contributed by atoms with Crippen molar-refractivity contribution in [3.8, 4) is 5.75 Å². The molecule has 0 radical (unpaired) electrons. The second-order valence-electron chi connectivity index (χ2n) is 4.30. The summed E-state index contributed by atoms with van der Waals surface area (Å²) in [5, 5.41) is 6.56. The van der Waals surface area contributed by atoms with Gasteiger partial charge in [0.1, 0.15) is 5.75 Å². The van der Waals surface area contributed by atoms with Crippen LogP contribution < -0.4 is 10.1 Å². The van der Waals surface area contributed by atoms with E-state index in [-0.39, 0.29) is 23.0 Å². The molecule has 1 amide bonds. The van der Waals surface area contributed by atoms with Crippen molar-refractivity contribution < 1.29 is 19.1 Å². The number of carbonyl (C=O) groups excluding carboxylic acids is 2. The van der Waals surface area contributed by atoms with E-state index in [1.165, 1.54) is 7.11 Å². The molecule has 8 heteroatoms. The molecule has 0 unspecified atom stereocenters. The second-order valence-corrected chi connectivity index (χ2v) is 5.06. The fourth-order valence-electron chi connectivity index (χ4n) is 1.85. The Hall–Kier alpha value is -2.48. The van der Waals surface area contributed by atoms with E-state index < -0.39 is 5.97 Å². The SMILES string of the molecule is COC(=O)c1nnsc1NC(=O)CCc1ccccc1OC. The lowest BCUT2D eigenvalue weighted by Gasteiger charge is -2.08. The van der Waals surface area contributed by atoms with Gasteiger partial charge in [-0.1, -0.05) is 22.7 Å². The topological polar surface area (TPSA) is 90.4 Å². The number of aryl methyl sites for hydroxylation is 1. The minimum atomic E-state index is -0.631. The molecule has 1 heterocycles. The highest BCUT2D eigenvalue weighted by Gasteiger charge is 2.18. The van der Waals surface area contributed by atoms with Gasteiger partial charge in [0.05, 0.1) is 14.2 Å². The van der Waals surface area contributed by atoms with Crippen molar-refractivity contribution in [2.75, 3.05) is 19.5 Å². The summed E-state index contributed by atoms with van der Waals surface area (Å²) in [5.74, 6) is -0.124. The molecule has 2 rings (SSSR count). The predicted molar refractivity (Wildman–Crippen MR) is 81.2 cm³/mol. The zero-order valence-electron chi connectivity index (χ0n) is 12.2. The number of nitrogens with zero attached hydrogens (tertiary/aromatic N) is 2. The molecule has 0 aliphatic heterocycles. The first-order chi connectivity index (χ1) is 10.7. The molecule has 1 N–H and O–H groups in total. The molecule has 22 heavy (non-hydrogen) atoms. The van der Waals surface area contributed by atoms with Crippen LogP contribution in [0.4, 0.5) is 5.00 Å². The molecular formula is C14H15N3O4S. The monoisotopic (exact) mass is 321 g/mol. The number of esters is 1. The van der Waals surface area contributed by atoms with Gasteiger partial charge in [0.25, 0.3) is 0 Å². The highest BCUT2D eigenvalue weighted by Crippen LogP contribution is 2.21. The maximum Gasteiger partial charge on any atom is 0.361 e. The number of anilines is 1. The fraction of sp³-hybridized carbons (Fsp3) is 0.286. The van der Waals surface area contributed by atoms with E-state index in [0.717, 1.165) is 22.8 Å². The molecule has 0 aliphatic carbocycles. The summed E-state index contributed by atoms with van der Waals surface area (Å²) in [6.07, 6.45) is 0.772. The van der Waals surface area contributed by atoms with Crippen molar-refractivity contribution in [1.82, 2.24) is 9.59 Å². The van der Waals surface area contributed by atoms with E-state index in [9.17, 15) is 9.59 Å². The minimum Gasteiger partial charge on any atom is -0.496 e. The lowest BCUT2D eigenvalue weighted by molar-refractivity contribution is -0.116. The Morgan fingerprint density at radius 3 is 2.77 bits per heavy atom. The first-order valence-electron chi connectivity index (χ1n) is 6.48. The molecule has 116 valence electrons. The van der Waals surface area contributed by atoms with Crippen LogP contribution in [0.15, 0.2) is 24.3 Å². The Bertz CT molecular complexity index is 672. The van der Waals surface area contributed by atoms with Crippen LogP contribution in [-0.4, -0.2) is 35.7 Å². The van der Waals surface area contributed by atoms with Crippen molar-refractivity contribution in [3.05, 3.63) is 35.5 Å². The predicted octanol–water partition coefficient (Wildman–Crippen LogP) is 1.90. The van der Waals surface area contributed by atoms with Crippen LogP contribution in [0, 0.1) is 0 Å². The Balaban J connectivity index is 1.96. The average molecular weight is 321 g/mol. The summed E-state index contributed by atoms with van der Waals surface area (Å²) in [4.78, 5) is 23.4. The zero-order chi connectivity index (χ0) is 15.9. The van der Waals surface area contributed by atoms with Gasteiger partial charge in [-0.2, -0.15) is 0 Å². The number of para-hydroxylation sites is 1. The largest absolute Gasteiger partial charge is 0.496 e. The number of ether oxygens (including phenoxy) is 2. The quantitative estimate of drug-likeness (QED) is 0.817. The summed E-state index contributed by atoms with van der Waals surface area (Å²) in [6.45, 7) is 0. The van der Waals surface area contributed by atoms with Crippen LogP contribution in [0.3, 0.4) is 0 Å². The van der Waals surface area contributed by atoms with E-state index in [4.69, 9.17) is 4.74 Å². The maximum atomic E-state index is 12.0. The molecule has 0 saturated heterocycles. The molecule has 0 bridgehead atoms. The zero-order valence-corrected chi connectivity index (χ0v) is 13.0. The van der Waals surface area contributed by atoms with E-state index >= 15 is 0 Å². The number of carbonyl (C=O) groups is 2. The third-order valence-electron chi connectivity index (χ3n) is 2.93. The van der Waals surface area contributed by atoms with Crippen molar-refractivity contribution >= 4 is 28.4 Å². The molecule has 0 aliphatic rings. The van der Waals surface area contributed by atoms with Gasteiger partial charge in [-0.3, -0.25) is 4.79 Å². The highest BCUT2D eigenvalue weighted by atomic mass is 32.1. The summed E-state index contributed by atoms with van der Waals surface area (Å²) < 4.78 is 13.5. The third kappa shape index (κ3) is 3.79. The maximum absolute atomic E-state index is 12.0. The molecule has 1 aromatic carbocycles. The number of methoxy groups -OCH3 is 2. The minimum absolute atomic E-state index is 0.0122. The fourth-order valence-corrected chi connectivity index (χ4v) is 2.42. The van der Waals surface area contributed by atoms with Gasteiger partial charge in [-0.25, -0.2) is 4.79 Å². The number of aromatic nitrogens is 2. The summed E-state index contributed by atoms with van der Waals surface area (Å²) in [7, 11) is 2.83. The number of amides is 1. The van der Waals surface area contributed by atoms with Gasteiger partial charge in [-0.15, -0.1) is 5.10 Å². The Kier molecular flexibility index (Phi) is 5.42. The molecule has 7 nitrogen and oxygen atoms in total. The number of benzene rings is 1. The number of hydrogen-bond acceptors (Lipinski definition) is 7. The summed E-state index contributed by atoms with van der Waals surface area (Å²) in [5.41, 5.74) is 0.953. The van der Waals surface area contributed by atoms with Crippen LogP contribution in [0.1, 0.15) is 22.5 Å². The first kappa shape index (κ1) is 15.9. The Morgan fingerprint density at radius 1 is 1.27 bits per heavy atom. The Morgan fingerprint density at radius 2 is 2.05 bits per heavy atom. The smallest absolute Gasteiger partial charge is 0.361 e. The van der Waals surface area contributed by atoms with Crippen LogP contribution in [-0.2, 0) is 16.0 Å². The van der Waals surface area contributed by atoms with E-state index in [2.05, 4.69) is 19.6 Å². The van der Waals surface area contributed by atoms with Crippen LogP contribution >= 0.6 is 11.5 Å². The molecular weight excluding hydrogens is 306 g/mol. The normalized spacial score (nSPS) is 10.1. The van der Waals surface area contributed by atoms with Gasteiger partial charge in [0.15, 0.2) is 5.00 Å². The van der Waals surface area contributed by atoms with Crippen molar-refractivity contribution in [2.45, 2.75) is 12.8 Å². The molecule has 0 saturated carbocycles. The second kappa shape index (κ2) is 7.51.